The fourth-order valence-corrected chi connectivity index (χ4v) is 3.28. The van der Waals surface area contributed by atoms with Gasteiger partial charge in [0.15, 0.2) is 0 Å². The average molecular weight is 381 g/mol. The molecule has 1 aliphatic rings. The second-order valence-electron chi connectivity index (χ2n) is 6.87. The first-order valence-corrected chi connectivity index (χ1v) is 9.76. The van der Waals surface area contributed by atoms with Gasteiger partial charge in [0.1, 0.15) is 5.75 Å². The summed E-state index contributed by atoms with van der Waals surface area (Å²) in [6.45, 7) is 5.52. The number of rotatable bonds is 8. The predicted molar refractivity (Wildman–Crippen MR) is 110 cm³/mol. The third kappa shape index (κ3) is 5.82. The zero-order valence-electron chi connectivity index (χ0n) is 16.2. The number of ether oxygens (including phenoxy) is 1. The molecule has 1 saturated heterocycles. The van der Waals surface area contributed by atoms with Gasteiger partial charge in [0, 0.05) is 17.8 Å². The monoisotopic (exact) mass is 381 g/mol. The molecule has 2 aromatic carbocycles. The third-order valence-corrected chi connectivity index (χ3v) is 4.65. The van der Waals surface area contributed by atoms with E-state index in [1.54, 1.807) is 30.3 Å². The standard InChI is InChI=1S/C22H27N3O3/c1-2-28-20-10-8-19(9-11-20)24-21(26)15-23-22(27)18-7-5-6-17(14-18)16-25-12-3-4-13-25/h5-11,14H,2-4,12-13,15-16H2,1H3,(H,23,27)(H,24,26). The molecular formula is C22H27N3O3. The first-order chi connectivity index (χ1) is 13.6. The van der Waals surface area contributed by atoms with Gasteiger partial charge in [-0.25, -0.2) is 0 Å². The summed E-state index contributed by atoms with van der Waals surface area (Å²) in [5.74, 6) is 0.235. The Bertz CT molecular complexity index is 799. The molecule has 0 radical (unpaired) electrons. The van der Waals surface area contributed by atoms with Crippen LogP contribution in [0, 0.1) is 0 Å². The summed E-state index contributed by atoms with van der Waals surface area (Å²) in [4.78, 5) is 26.9. The lowest BCUT2D eigenvalue weighted by Crippen LogP contribution is -2.32. The number of nitrogens with zero attached hydrogens (tertiary/aromatic N) is 1. The number of hydrogen-bond donors (Lipinski definition) is 2. The maximum atomic E-state index is 12.4. The smallest absolute Gasteiger partial charge is 0.251 e. The van der Waals surface area contributed by atoms with Crippen molar-refractivity contribution in [2.75, 3.05) is 31.6 Å². The molecule has 1 aliphatic heterocycles. The van der Waals surface area contributed by atoms with Crippen molar-refractivity contribution >= 4 is 17.5 Å². The lowest BCUT2D eigenvalue weighted by atomic mass is 10.1. The van der Waals surface area contributed by atoms with Gasteiger partial charge in [-0.2, -0.15) is 0 Å². The van der Waals surface area contributed by atoms with Crippen molar-refractivity contribution in [3.63, 3.8) is 0 Å². The highest BCUT2D eigenvalue weighted by Crippen LogP contribution is 2.16. The Kier molecular flexibility index (Phi) is 7.03. The zero-order valence-corrected chi connectivity index (χ0v) is 16.2. The Labute approximate surface area is 165 Å². The highest BCUT2D eigenvalue weighted by atomic mass is 16.5. The topological polar surface area (TPSA) is 70.7 Å². The van der Waals surface area contributed by atoms with Gasteiger partial charge in [-0.3, -0.25) is 14.5 Å². The Morgan fingerprint density at radius 1 is 1.07 bits per heavy atom. The summed E-state index contributed by atoms with van der Waals surface area (Å²) in [6.07, 6.45) is 2.48. The van der Waals surface area contributed by atoms with Crippen molar-refractivity contribution in [1.29, 1.82) is 0 Å². The van der Waals surface area contributed by atoms with E-state index in [4.69, 9.17) is 4.74 Å². The second kappa shape index (κ2) is 9.90. The summed E-state index contributed by atoms with van der Waals surface area (Å²) in [6, 6.07) is 14.7. The summed E-state index contributed by atoms with van der Waals surface area (Å²) >= 11 is 0. The van der Waals surface area contributed by atoms with Gasteiger partial charge in [0.05, 0.1) is 13.2 Å². The van der Waals surface area contributed by atoms with Crippen molar-refractivity contribution in [2.24, 2.45) is 0 Å². The van der Waals surface area contributed by atoms with E-state index in [0.717, 1.165) is 30.9 Å². The molecule has 1 fully saturated rings. The second-order valence-corrected chi connectivity index (χ2v) is 6.87. The highest BCUT2D eigenvalue weighted by Gasteiger charge is 2.13. The fraction of sp³-hybridized carbons (Fsp3) is 0.364. The maximum absolute atomic E-state index is 12.4. The molecule has 6 nitrogen and oxygen atoms in total. The van der Waals surface area contributed by atoms with Crippen LogP contribution in [0.15, 0.2) is 48.5 Å². The molecule has 0 bridgehead atoms. The van der Waals surface area contributed by atoms with Crippen LogP contribution in [-0.2, 0) is 11.3 Å². The van der Waals surface area contributed by atoms with Gasteiger partial charge in [-0.1, -0.05) is 12.1 Å². The molecule has 0 aliphatic carbocycles. The van der Waals surface area contributed by atoms with E-state index < -0.39 is 0 Å². The minimum atomic E-state index is -0.272. The van der Waals surface area contributed by atoms with Gasteiger partial charge in [-0.05, 0) is 74.8 Å². The minimum absolute atomic E-state index is 0.0810. The van der Waals surface area contributed by atoms with E-state index in [1.807, 2.05) is 25.1 Å². The van der Waals surface area contributed by atoms with Crippen LogP contribution in [0.25, 0.3) is 0 Å². The van der Waals surface area contributed by atoms with Crippen LogP contribution in [0.2, 0.25) is 0 Å². The van der Waals surface area contributed by atoms with E-state index >= 15 is 0 Å². The Morgan fingerprint density at radius 3 is 2.54 bits per heavy atom. The number of benzene rings is 2. The van der Waals surface area contributed by atoms with Crippen LogP contribution in [0.3, 0.4) is 0 Å². The largest absolute Gasteiger partial charge is 0.494 e. The normalized spacial score (nSPS) is 13.9. The van der Waals surface area contributed by atoms with Crippen LogP contribution in [0.5, 0.6) is 5.75 Å². The van der Waals surface area contributed by atoms with Crippen molar-refractivity contribution in [3.05, 3.63) is 59.7 Å². The van der Waals surface area contributed by atoms with Crippen LogP contribution in [0.1, 0.15) is 35.7 Å². The number of likely N-dealkylation sites (tertiary alicyclic amines) is 1. The number of carbonyl (C=O) groups is 2. The van der Waals surface area contributed by atoms with Gasteiger partial charge in [0.25, 0.3) is 5.91 Å². The van der Waals surface area contributed by atoms with Gasteiger partial charge >= 0.3 is 0 Å². The summed E-state index contributed by atoms with van der Waals surface area (Å²) in [7, 11) is 0. The van der Waals surface area contributed by atoms with E-state index in [-0.39, 0.29) is 18.4 Å². The predicted octanol–water partition coefficient (Wildman–Crippen LogP) is 3.05. The van der Waals surface area contributed by atoms with E-state index in [0.29, 0.717) is 17.9 Å². The van der Waals surface area contributed by atoms with Crippen molar-refractivity contribution in [2.45, 2.75) is 26.3 Å². The average Bonchev–Trinajstić information content (AvgIpc) is 3.21. The van der Waals surface area contributed by atoms with Crippen molar-refractivity contribution < 1.29 is 14.3 Å². The number of carbonyl (C=O) groups excluding carboxylic acids is 2. The molecule has 1 heterocycles. The van der Waals surface area contributed by atoms with Crippen LogP contribution < -0.4 is 15.4 Å². The number of hydrogen-bond acceptors (Lipinski definition) is 4. The van der Waals surface area contributed by atoms with E-state index in [1.165, 1.54) is 12.8 Å². The van der Waals surface area contributed by atoms with Crippen molar-refractivity contribution in [3.8, 4) is 5.75 Å². The van der Waals surface area contributed by atoms with Crippen molar-refractivity contribution in [1.82, 2.24) is 10.2 Å². The molecule has 0 aromatic heterocycles. The molecule has 148 valence electrons. The minimum Gasteiger partial charge on any atom is -0.494 e. The number of nitrogens with one attached hydrogen (secondary N) is 2. The molecule has 2 N–H and O–H groups in total. The Hall–Kier alpha value is -2.86. The summed E-state index contributed by atoms with van der Waals surface area (Å²) in [5.41, 5.74) is 2.36. The van der Waals surface area contributed by atoms with Gasteiger partial charge in [0.2, 0.25) is 5.91 Å². The van der Waals surface area contributed by atoms with E-state index in [9.17, 15) is 9.59 Å². The summed E-state index contributed by atoms with van der Waals surface area (Å²) < 4.78 is 5.37. The number of anilines is 1. The molecular weight excluding hydrogens is 354 g/mol. The Morgan fingerprint density at radius 2 is 1.82 bits per heavy atom. The maximum Gasteiger partial charge on any atom is 0.251 e. The molecule has 28 heavy (non-hydrogen) atoms. The SMILES string of the molecule is CCOc1ccc(NC(=O)CNC(=O)c2cccc(CN3CCCC3)c2)cc1. The fourth-order valence-electron chi connectivity index (χ4n) is 3.28. The molecule has 3 rings (SSSR count). The van der Waals surface area contributed by atoms with Crippen LogP contribution >= 0.6 is 0 Å². The first-order valence-electron chi connectivity index (χ1n) is 9.76. The zero-order chi connectivity index (χ0) is 19.8. The molecule has 2 aromatic rings. The molecule has 0 spiro atoms. The summed E-state index contributed by atoms with van der Waals surface area (Å²) in [5, 5.41) is 5.44. The molecule has 2 amide bonds. The molecule has 0 saturated carbocycles. The number of amides is 2. The van der Waals surface area contributed by atoms with E-state index in [2.05, 4.69) is 15.5 Å². The molecule has 6 heteroatoms. The first kappa shape index (κ1) is 19.9. The van der Waals surface area contributed by atoms with Gasteiger partial charge in [-0.15, -0.1) is 0 Å². The van der Waals surface area contributed by atoms with Gasteiger partial charge < -0.3 is 15.4 Å². The van der Waals surface area contributed by atoms with Crippen LogP contribution in [-0.4, -0.2) is 43.0 Å². The Balaban J connectivity index is 1.48. The van der Waals surface area contributed by atoms with Crippen LogP contribution in [0.4, 0.5) is 5.69 Å². The quantitative estimate of drug-likeness (QED) is 0.737. The molecule has 0 unspecified atom stereocenters. The molecule has 0 atom stereocenters. The third-order valence-electron chi connectivity index (χ3n) is 4.65. The lowest BCUT2D eigenvalue weighted by Gasteiger charge is -2.15. The highest BCUT2D eigenvalue weighted by molar-refractivity contribution is 5.99. The lowest BCUT2D eigenvalue weighted by molar-refractivity contribution is -0.115.